The van der Waals surface area contributed by atoms with Gasteiger partial charge in [0, 0.05) is 30.9 Å². The van der Waals surface area contributed by atoms with Crippen LogP contribution in [0, 0.1) is 0 Å². The van der Waals surface area contributed by atoms with Crippen molar-refractivity contribution in [1.82, 2.24) is 9.88 Å². The van der Waals surface area contributed by atoms with Gasteiger partial charge < -0.3 is 10.6 Å². The molecule has 1 aromatic heterocycles. The Bertz CT molecular complexity index is 636. The van der Waals surface area contributed by atoms with Crippen LogP contribution in [0.3, 0.4) is 0 Å². The first-order valence-electron chi connectivity index (χ1n) is 7.77. The molecule has 0 radical (unpaired) electrons. The third kappa shape index (κ3) is 4.93. The number of halogens is 2. The predicted octanol–water partition coefficient (Wildman–Crippen LogP) is 3.53. The van der Waals surface area contributed by atoms with E-state index in [9.17, 15) is 4.79 Å². The van der Waals surface area contributed by atoms with Crippen molar-refractivity contribution in [3.8, 4) is 0 Å². The van der Waals surface area contributed by atoms with Crippen LogP contribution in [0.5, 0.6) is 0 Å². The Morgan fingerprint density at radius 3 is 2.71 bits per heavy atom. The van der Waals surface area contributed by atoms with Gasteiger partial charge in [-0.25, -0.2) is 4.98 Å². The molecule has 2 aromatic rings. The molecule has 1 fully saturated rings. The van der Waals surface area contributed by atoms with Crippen molar-refractivity contribution in [2.45, 2.75) is 31.7 Å². The number of hydrogen-bond acceptors (Lipinski definition) is 4. The van der Waals surface area contributed by atoms with Gasteiger partial charge in [0.1, 0.15) is 5.69 Å². The molecule has 4 nitrogen and oxygen atoms in total. The van der Waals surface area contributed by atoms with Gasteiger partial charge in [-0.05, 0) is 24.8 Å². The molecule has 1 atom stereocenters. The number of piperidine rings is 1. The van der Waals surface area contributed by atoms with Gasteiger partial charge in [0.05, 0.1) is 5.01 Å². The minimum absolute atomic E-state index is 0. The van der Waals surface area contributed by atoms with Crippen LogP contribution in [0.15, 0.2) is 35.7 Å². The molecule has 7 heteroatoms. The van der Waals surface area contributed by atoms with Gasteiger partial charge in [-0.2, -0.15) is 0 Å². The number of nitrogens with two attached hydrogens (primary N) is 1. The molecule has 2 heterocycles. The summed E-state index contributed by atoms with van der Waals surface area (Å²) in [6.45, 7) is 1.33. The van der Waals surface area contributed by atoms with Crippen LogP contribution in [0.2, 0.25) is 0 Å². The fourth-order valence-corrected chi connectivity index (χ4v) is 3.72. The van der Waals surface area contributed by atoms with Gasteiger partial charge in [-0.1, -0.05) is 30.3 Å². The summed E-state index contributed by atoms with van der Waals surface area (Å²) in [5.74, 6) is 0.0331. The zero-order valence-electron chi connectivity index (χ0n) is 13.4. The molecule has 24 heavy (non-hydrogen) atoms. The molecule has 1 aliphatic rings. The highest BCUT2D eigenvalue weighted by Gasteiger charge is 2.27. The largest absolute Gasteiger partial charge is 0.333 e. The Labute approximate surface area is 159 Å². The zero-order valence-corrected chi connectivity index (χ0v) is 15.8. The third-order valence-corrected chi connectivity index (χ3v) is 4.98. The number of aromatic nitrogens is 1. The fourth-order valence-electron chi connectivity index (χ4n) is 2.92. The first kappa shape index (κ1) is 20.9. The Hall–Kier alpha value is -1.14. The highest BCUT2D eigenvalue weighted by Crippen LogP contribution is 2.21. The SMILES string of the molecule is Cl.Cl.NCC1CCCCN1C(=O)c1csc(Cc2ccccc2)n1. The van der Waals surface area contributed by atoms with Crippen LogP contribution >= 0.6 is 36.2 Å². The van der Waals surface area contributed by atoms with Crippen molar-refractivity contribution < 1.29 is 4.79 Å². The van der Waals surface area contributed by atoms with Gasteiger partial charge in [0.2, 0.25) is 0 Å². The summed E-state index contributed by atoms with van der Waals surface area (Å²) in [5.41, 5.74) is 7.59. The zero-order chi connectivity index (χ0) is 15.4. The lowest BCUT2D eigenvalue weighted by Gasteiger charge is -2.34. The Morgan fingerprint density at radius 1 is 1.25 bits per heavy atom. The van der Waals surface area contributed by atoms with E-state index in [0.717, 1.165) is 37.2 Å². The number of benzene rings is 1. The molecule has 132 valence electrons. The van der Waals surface area contributed by atoms with E-state index >= 15 is 0 Å². The first-order chi connectivity index (χ1) is 10.8. The molecule has 0 aliphatic carbocycles. The van der Waals surface area contributed by atoms with Crippen molar-refractivity contribution in [2.75, 3.05) is 13.1 Å². The minimum atomic E-state index is 0. The maximum absolute atomic E-state index is 12.6. The van der Waals surface area contributed by atoms with Gasteiger partial charge in [-0.3, -0.25) is 4.79 Å². The second kappa shape index (κ2) is 9.99. The summed E-state index contributed by atoms with van der Waals surface area (Å²) in [4.78, 5) is 19.1. The van der Waals surface area contributed by atoms with E-state index in [1.807, 2.05) is 28.5 Å². The molecule has 1 aliphatic heterocycles. The predicted molar refractivity (Wildman–Crippen MR) is 104 cm³/mol. The quantitative estimate of drug-likeness (QED) is 0.872. The van der Waals surface area contributed by atoms with Crippen LogP contribution in [-0.4, -0.2) is 34.9 Å². The topological polar surface area (TPSA) is 59.2 Å². The van der Waals surface area contributed by atoms with Gasteiger partial charge >= 0.3 is 0 Å². The standard InChI is InChI=1S/C17H21N3OS.2ClH/c18-11-14-8-4-5-9-20(14)17(21)15-12-22-16(19-15)10-13-6-2-1-3-7-13;;/h1-3,6-7,12,14H,4-5,8-11,18H2;2*1H. The van der Waals surface area contributed by atoms with Crippen LogP contribution in [0.4, 0.5) is 0 Å². The molecular formula is C17H23Cl2N3OS. The number of rotatable bonds is 4. The first-order valence-corrected chi connectivity index (χ1v) is 8.65. The van der Waals surface area contributed by atoms with Gasteiger partial charge in [0.15, 0.2) is 0 Å². The van der Waals surface area contributed by atoms with E-state index < -0.39 is 0 Å². The molecule has 0 saturated carbocycles. The maximum Gasteiger partial charge on any atom is 0.273 e. The van der Waals surface area contributed by atoms with E-state index in [-0.39, 0.29) is 36.8 Å². The van der Waals surface area contributed by atoms with Crippen LogP contribution in [0.25, 0.3) is 0 Å². The Balaban J connectivity index is 0.00000144. The van der Waals surface area contributed by atoms with E-state index in [1.165, 1.54) is 5.56 Å². The average molecular weight is 388 g/mol. The molecular weight excluding hydrogens is 365 g/mol. The summed E-state index contributed by atoms with van der Waals surface area (Å²) in [6, 6.07) is 10.4. The van der Waals surface area contributed by atoms with E-state index in [4.69, 9.17) is 5.73 Å². The maximum atomic E-state index is 12.6. The fraction of sp³-hybridized carbons (Fsp3) is 0.412. The average Bonchev–Trinajstić information content (AvgIpc) is 3.03. The lowest BCUT2D eigenvalue weighted by molar-refractivity contribution is 0.0618. The molecule has 2 N–H and O–H groups in total. The van der Waals surface area contributed by atoms with Gasteiger partial charge in [0.25, 0.3) is 5.91 Å². The van der Waals surface area contributed by atoms with Crippen LogP contribution < -0.4 is 5.73 Å². The van der Waals surface area contributed by atoms with Gasteiger partial charge in [-0.15, -0.1) is 36.2 Å². The van der Waals surface area contributed by atoms with Crippen molar-refractivity contribution >= 4 is 42.1 Å². The van der Waals surface area contributed by atoms with E-state index in [1.54, 1.807) is 11.3 Å². The minimum Gasteiger partial charge on any atom is -0.333 e. The summed E-state index contributed by atoms with van der Waals surface area (Å²) < 4.78 is 0. The third-order valence-electron chi connectivity index (χ3n) is 4.13. The number of hydrogen-bond donors (Lipinski definition) is 1. The number of likely N-dealkylation sites (tertiary alicyclic amines) is 1. The summed E-state index contributed by atoms with van der Waals surface area (Å²) >= 11 is 1.56. The van der Waals surface area contributed by atoms with E-state index in [0.29, 0.717) is 12.2 Å². The van der Waals surface area contributed by atoms with Crippen molar-refractivity contribution in [1.29, 1.82) is 0 Å². The van der Waals surface area contributed by atoms with Crippen LogP contribution in [-0.2, 0) is 6.42 Å². The normalized spacial score (nSPS) is 16.9. The number of carbonyl (C=O) groups excluding carboxylic acids is 1. The number of thiazole rings is 1. The highest BCUT2D eigenvalue weighted by molar-refractivity contribution is 7.09. The number of amides is 1. The smallest absolute Gasteiger partial charge is 0.273 e. The molecule has 1 aromatic carbocycles. The molecule has 0 bridgehead atoms. The summed E-state index contributed by atoms with van der Waals surface area (Å²) in [6.07, 6.45) is 3.99. The van der Waals surface area contributed by atoms with E-state index in [2.05, 4.69) is 17.1 Å². The lowest BCUT2D eigenvalue weighted by Crippen LogP contribution is -2.47. The highest BCUT2D eigenvalue weighted by atomic mass is 35.5. The second-order valence-electron chi connectivity index (χ2n) is 5.67. The lowest BCUT2D eigenvalue weighted by atomic mass is 10.0. The van der Waals surface area contributed by atoms with Crippen molar-refractivity contribution in [3.63, 3.8) is 0 Å². The Kier molecular flexibility index (Phi) is 8.70. The number of carbonyl (C=O) groups is 1. The van der Waals surface area contributed by atoms with Crippen molar-refractivity contribution in [3.05, 3.63) is 52.0 Å². The molecule has 1 unspecified atom stereocenters. The second-order valence-corrected chi connectivity index (χ2v) is 6.62. The molecule has 3 rings (SSSR count). The summed E-state index contributed by atoms with van der Waals surface area (Å²) in [5, 5.41) is 2.86. The monoisotopic (exact) mass is 387 g/mol. The van der Waals surface area contributed by atoms with Crippen LogP contribution in [0.1, 0.15) is 40.3 Å². The Morgan fingerprint density at radius 2 is 2.00 bits per heavy atom. The summed E-state index contributed by atoms with van der Waals surface area (Å²) in [7, 11) is 0. The molecule has 1 saturated heterocycles. The molecule has 1 amide bonds. The van der Waals surface area contributed by atoms with Crippen molar-refractivity contribution in [2.24, 2.45) is 5.73 Å². The number of nitrogens with zero attached hydrogens (tertiary/aromatic N) is 2. The molecule has 0 spiro atoms.